The van der Waals surface area contributed by atoms with Gasteiger partial charge in [0.15, 0.2) is 0 Å². The molecule has 3 nitrogen and oxygen atoms in total. The molecule has 1 aliphatic rings. The van der Waals surface area contributed by atoms with Gasteiger partial charge in [-0.3, -0.25) is 4.79 Å². The molecule has 0 N–H and O–H groups in total. The zero-order chi connectivity index (χ0) is 12.4. The largest absolute Gasteiger partial charge is 0.379 e. The predicted octanol–water partition coefficient (Wildman–Crippen LogP) is 2.62. The van der Waals surface area contributed by atoms with E-state index in [1.165, 1.54) is 0 Å². The number of amides is 1. The number of likely N-dealkylation sites (N-methyl/N-ethyl adjacent to an activating group) is 1. The molecule has 1 atom stereocenters. The average molecular weight is 298 g/mol. The van der Waals surface area contributed by atoms with Gasteiger partial charge < -0.3 is 9.64 Å². The second kappa shape index (κ2) is 5.19. The van der Waals surface area contributed by atoms with Crippen molar-refractivity contribution < 1.29 is 9.53 Å². The molecule has 17 heavy (non-hydrogen) atoms. The molecular formula is C13H16BrNO2. The fourth-order valence-corrected chi connectivity index (χ4v) is 2.39. The highest BCUT2D eigenvalue weighted by Gasteiger charge is 2.25. The average Bonchev–Trinajstić information content (AvgIpc) is 2.84. The van der Waals surface area contributed by atoms with Gasteiger partial charge in [0.2, 0.25) is 0 Å². The minimum Gasteiger partial charge on any atom is -0.379 e. The predicted molar refractivity (Wildman–Crippen MR) is 70.2 cm³/mol. The zero-order valence-corrected chi connectivity index (χ0v) is 11.7. The molecule has 1 aliphatic heterocycles. The molecule has 2 rings (SSSR count). The van der Waals surface area contributed by atoms with Crippen LogP contribution in [0, 0.1) is 6.92 Å². The minimum absolute atomic E-state index is 0.0688. The summed E-state index contributed by atoms with van der Waals surface area (Å²) >= 11 is 3.45. The van der Waals surface area contributed by atoms with Crippen molar-refractivity contribution >= 4 is 21.8 Å². The van der Waals surface area contributed by atoms with Gasteiger partial charge in [0.05, 0.1) is 12.6 Å². The van der Waals surface area contributed by atoms with E-state index < -0.39 is 0 Å². The summed E-state index contributed by atoms with van der Waals surface area (Å²) in [4.78, 5) is 14.1. The molecule has 0 radical (unpaired) electrons. The Hall–Kier alpha value is -0.870. The van der Waals surface area contributed by atoms with Crippen LogP contribution in [0.4, 0.5) is 0 Å². The molecule has 1 amide bonds. The number of hydrogen-bond acceptors (Lipinski definition) is 2. The number of halogens is 1. The number of benzene rings is 1. The van der Waals surface area contributed by atoms with Crippen molar-refractivity contribution in [1.29, 1.82) is 0 Å². The highest BCUT2D eigenvalue weighted by molar-refractivity contribution is 9.10. The van der Waals surface area contributed by atoms with E-state index in [1.807, 2.05) is 32.2 Å². The number of hydrogen-bond donors (Lipinski definition) is 0. The topological polar surface area (TPSA) is 29.5 Å². The standard InChI is InChI=1S/C13H16BrNO2/c1-9-11(4-3-5-12(9)14)13(16)15(2)10-6-7-17-8-10/h3-5,10H,6-8H2,1-2H3. The molecule has 1 unspecified atom stereocenters. The molecule has 1 fully saturated rings. The number of rotatable bonds is 2. The van der Waals surface area contributed by atoms with Crippen LogP contribution in [0.2, 0.25) is 0 Å². The molecule has 1 heterocycles. The number of ether oxygens (including phenoxy) is 1. The van der Waals surface area contributed by atoms with Crippen LogP contribution in [0.3, 0.4) is 0 Å². The first-order chi connectivity index (χ1) is 8.11. The number of nitrogens with zero attached hydrogens (tertiary/aromatic N) is 1. The van der Waals surface area contributed by atoms with Crippen LogP contribution in [-0.4, -0.2) is 37.1 Å². The molecule has 4 heteroatoms. The lowest BCUT2D eigenvalue weighted by Crippen LogP contribution is -2.37. The summed E-state index contributed by atoms with van der Waals surface area (Å²) in [6, 6.07) is 5.92. The third-order valence-electron chi connectivity index (χ3n) is 3.27. The fourth-order valence-electron chi connectivity index (χ4n) is 2.02. The molecule has 0 spiro atoms. The van der Waals surface area contributed by atoms with Crippen LogP contribution in [0.15, 0.2) is 22.7 Å². The Morgan fingerprint density at radius 3 is 2.94 bits per heavy atom. The lowest BCUT2D eigenvalue weighted by Gasteiger charge is -2.24. The van der Waals surface area contributed by atoms with E-state index >= 15 is 0 Å². The Bertz CT molecular complexity index is 427. The number of carbonyl (C=O) groups excluding carboxylic acids is 1. The van der Waals surface area contributed by atoms with Gasteiger partial charge in [-0.1, -0.05) is 22.0 Å². The van der Waals surface area contributed by atoms with Gasteiger partial charge in [0.1, 0.15) is 0 Å². The van der Waals surface area contributed by atoms with Gasteiger partial charge in [-0.15, -0.1) is 0 Å². The van der Waals surface area contributed by atoms with Gasteiger partial charge >= 0.3 is 0 Å². The first kappa shape index (κ1) is 12.6. The van der Waals surface area contributed by atoms with Crippen molar-refractivity contribution in [2.24, 2.45) is 0 Å². The third kappa shape index (κ3) is 2.53. The second-order valence-corrected chi connectivity index (χ2v) is 5.20. The van der Waals surface area contributed by atoms with Crippen molar-refractivity contribution in [2.75, 3.05) is 20.3 Å². The van der Waals surface area contributed by atoms with E-state index in [2.05, 4.69) is 15.9 Å². The lowest BCUT2D eigenvalue weighted by atomic mass is 10.1. The van der Waals surface area contributed by atoms with Gasteiger partial charge in [0, 0.05) is 23.7 Å². The lowest BCUT2D eigenvalue weighted by molar-refractivity contribution is 0.0710. The molecule has 1 aromatic rings. The Kier molecular flexibility index (Phi) is 3.84. The molecule has 0 saturated carbocycles. The second-order valence-electron chi connectivity index (χ2n) is 4.35. The maximum absolute atomic E-state index is 12.4. The van der Waals surface area contributed by atoms with E-state index in [4.69, 9.17) is 4.74 Å². The molecule has 1 aromatic carbocycles. The Morgan fingerprint density at radius 2 is 2.29 bits per heavy atom. The van der Waals surface area contributed by atoms with Crippen LogP contribution in [0.5, 0.6) is 0 Å². The van der Waals surface area contributed by atoms with Gasteiger partial charge in [-0.05, 0) is 31.0 Å². The van der Waals surface area contributed by atoms with Crippen molar-refractivity contribution in [1.82, 2.24) is 4.90 Å². The quantitative estimate of drug-likeness (QED) is 0.840. The Labute approximate surface area is 110 Å². The summed E-state index contributed by atoms with van der Waals surface area (Å²) in [5.74, 6) is 0.0688. The zero-order valence-electron chi connectivity index (χ0n) is 10.1. The minimum atomic E-state index is 0.0688. The SMILES string of the molecule is Cc1c(Br)cccc1C(=O)N(C)C1CCOC1. The van der Waals surface area contributed by atoms with E-state index in [0.29, 0.717) is 6.61 Å². The van der Waals surface area contributed by atoms with Crippen LogP contribution >= 0.6 is 15.9 Å². The molecule has 92 valence electrons. The molecule has 0 bridgehead atoms. The van der Waals surface area contributed by atoms with Gasteiger partial charge in [-0.2, -0.15) is 0 Å². The van der Waals surface area contributed by atoms with Crippen LogP contribution in [0.1, 0.15) is 22.3 Å². The first-order valence-corrected chi connectivity index (χ1v) is 6.50. The maximum atomic E-state index is 12.4. The molecule has 0 aromatic heterocycles. The van der Waals surface area contributed by atoms with Crippen molar-refractivity contribution in [3.63, 3.8) is 0 Å². The summed E-state index contributed by atoms with van der Waals surface area (Å²) in [6.07, 6.45) is 0.926. The van der Waals surface area contributed by atoms with Gasteiger partial charge in [0.25, 0.3) is 5.91 Å². The van der Waals surface area contributed by atoms with Crippen LogP contribution in [-0.2, 0) is 4.74 Å². The summed E-state index contributed by atoms with van der Waals surface area (Å²) in [5.41, 5.74) is 1.75. The first-order valence-electron chi connectivity index (χ1n) is 5.71. The van der Waals surface area contributed by atoms with Gasteiger partial charge in [-0.25, -0.2) is 0 Å². The van der Waals surface area contributed by atoms with Crippen molar-refractivity contribution in [3.05, 3.63) is 33.8 Å². The normalized spacial score (nSPS) is 19.4. The highest BCUT2D eigenvalue weighted by Crippen LogP contribution is 2.22. The monoisotopic (exact) mass is 297 g/mol. The summed E-state index contributed by atoms with van der Waals surface area (Å²) in [5, 5.41) is 0. The summed E-state index contributed by atoms with van der Waals surface area (Å²) < 4.78 is 6.29. The Balaban J connectivity index is 2.21. The summed E-state index contributed by atoms with van der Waals surface area (Å²) in [7, 11) is 1.85. The third-order valence-corrected chi connectivity index (χ3v) is 4.13. The van der Waals surface area contributed by atoms with Crippen molar-refractivity contribution in [2.45, 2.75) is 19.4 Å². The van der Waals surface area contributed by atoms with Crippen molar-refractivity contribution in [3.8, 4) is 0 Å². The smallest absolute Gasteiger partial charge is 0.254 e. The van der Waals surface area contributed by atoms with E-state index in [-0.39, 0.29) is 11.9 Å². The van der Waals surface area contributed by atoms with E-state index in [1.54, 1.807) is 4.90 Å². The van der Waals surface area contributed by atoms with E-state index in [9.17, 15) is 4.79 Å². The fraction of sp³-hybridized carbons (Fsp3) is 0.462. The molecule has 1 saturated heterocycles. The summed E-state index contributed by atoms with van der Waals surface area (Å²) in [6.45, 7) is 3.35. The molecule has 0 aliphatic carbocycles. The number of carbonyl (C=O) groups is 1. The van der Waals surface area contributed by atoms with Crippen LogP contribution in [0.25, 0.3) is 0 Å². The highest BCUT2D eigenvalue weighted by atomic mass is 79.9. The van der Waals surface area contributed by atoms with E-state index in [0.717, 1.165) is 28.6 Å². The Morgan fingerprint density at radius 1 is 1.53 bits per heavy atom. The maximum Gasteiger partial charge on any atom is 0.254 e. The molecular weight excluding hydrogens is 282 g/mol. The van der Waals surface area contributed by atoms with Crippen LogP contribution < -0.4 is 0 Å².